The number of phenolic OH excluding ortho intramolecular Hbond substituents is 1. The van der Waals surface area contributed by atoms with Crippen molar-refractivity contribution in [3.63, 3.8) is 0 Å². The van der Waals surface area contributed by atoms with Gasteiger partial charge in [-0.1, -0.05) is 30.7 Å². The number of rotatable bonds is 15. The lowest BCUT2D eigenvalue weighted by atomic mass is 9.94. The van der Waals surface area contributed by atoms with Crippen molar-refractivity contribution in [3.05, 3.63) is 68.3 Å². The van der Waals surface area contributed by atoms with E-state index < -0.39 is 47.6 Å². The maximum atomic E-state index is 13.0. The van der Waals surface area contributed by atoms with E-state index >= 15 is 0 Å². The summed E-state index contributed by atoms with van der Waals surface area (Å²) in [5.41, 5.74) is -0.0945. The standard InChI is InChI=1S/C29H40N6O9/c1-4-6-10-43-28(40)20(25(37)19-8-7-9-22(26(19)38)42-5-2)13-30-12-18-15-35(33-32-18)21-11-24(44-23(21)16-36)34-14-17(3)27(39)31-29(34)41/h7-9,14-15,20-21,23-25,30,36-38H,4-6,10-13,16H2,1-3H3,(H,31,39,41)/t20?,21-,23+,24+,25?/m0/s1. The zero-order chi connectivity index (χ0) is 31.8. The van der Waals surface area contributed by atoms with E-state index in [0.29, 0.717) is 24.3 Å². The van der Waals surface area contributed by atoms with Crippen LogP contribution in [0.2, 0.25) is 0 Å². The Balaban J connectivity index is 1.44. The molecule has 2 aromatic heterocycles. The van der Waals surface area contributed by atoms with Crippen LogP contribution in [0, 0.1) is 12.8 Å². The highest BCUT2D eigenvalue weighted by Gasteiger charge is 2.38. The number of phenols is 1. The van der Waals surface area contributed by atoms with Crippen LogP contribution in [0.15, 0.2) is 40.2 Å². The number of hydrogen-bond donors (Lipinski definition) is 5. The minimum atomic E-state index is -1.38. The van der Waals surface area contributed by atoms with Crippen LogP contribution >= 0.6 is 0 Å². The molecule has 240 valence electrons. The molecule has 3 aromatic rings. The molecule has 15 heteroatoms. The quantitative estimate of drug-likeness (QED) is 0.119. The van der Waals surface area contributed by atoms with Crippen molar-refractivity contribution >= 4 is 5.97 Å². The Bertz CT molecular complexity index is 1520. The maximum absolute atomic E-state index is 13.0. The van der Waals surface area contributed by atoms with E-state index in [0.717, 1.165) is 6.42 Å². The van der Waals surface area contributed by atoms with Crippen molar-refractivity contribution < 1.29 is 34.3 Å². The fourth-order valence-corrected chi connectivity index (χ4v) is 5.06. The maximum Gasteiger partial charge on any atom is 0.330 e. The summed E-state index contributed by atoms with van der Waals surface area (Å²) in [5, 5.41) is 43.3. The third-order valence-corrected chi connectivity index (χ3v) is 7.48. The number of nitrogens with zero attached hydrogens (tertiary/aromatic N) is 4. The van der Waals surface area contributed by atoms with Gasteiger partial charge in [0.05, 0.1) is 49.8 Å². The molecule has 5 atom stereocenters. The Morgan fingerprint density at radius 3 is 2.80 bits per heavy atom. The molecule has 1 saturated heterocycles. The molecule has 1 aliphatic rings. The zero-order valence-corrected chi connectivity index (χ0v) is 25.0. The van der Waals surface area contributed by atoms with E-state index in [9.17, 15) is 29.7 Å². The van der Waals surface area contributed by atoms with Gasteiger partial charge in [0, 0.05) is 36.8 Å². The summed E-state index contributed by atoms with van der Waals surface area (Å²) in [6, 6.07) is 4.27. The van der Waals surface area contributed by atoms with Gasteiger partial charge in [-0.15, -0.1) is 5.10 Å². The largest absolute Gasteiger partial charge is 0.504 e. The summed E-state index contributed by atoms with van der Waals surface area (Å²) in [6.07, 6.45) is 2.08. The number of esters is 1. The van der Waals surface area contributed by atoms with Crippen LogP contribution in [0.1, 0.15) is 68.3 Å². The molecule has 0 radical (unpaired) electrons. The lowest BCUT2D eigenvalue weighted by molar-refractivity contribution is -0.152. The van der Waals surface area contributed by atoms with Crippen LogP contribution in [-0.2, 0) is 20.8 Å². The van der Waals surface area contributed by atoms with Gasteiger partial charge < -0.3 is 34.8 Å². The Hall–Kier alpha value is -4.05. The molecule has 1 fully saturated rings. The van der Waals surface area contributed by atoms with Gasteiger partial charge >= 0.3 is 11.7 Å². The molecule has 2 unspecified atom stereocenters. The van der Waals surface area contributed by atoms with Crippen molar-refractivity contribution in [1.82, 2.24) is 29.9 Å². The molecule has 3 heterocycles. The number of aromatic nitrogens is 5. The Labute approximate surface area is 253 Å². The number of aliphatic hydroxyl groups is 2. The van der Waals surface area contributed by atoms with Gasteiger partial charge in [-0.05, 0) is 26.3 Å². The Morgan fingerprint density at radius 1 is 1.27 bits per heavy atom. The molecule has 5 N–H and O–H groups in total. The molecule has 0 aliphatic carbocycles. The van der Waals surface area contributed by atoms with E-state index in [1.54, 1.807) is 36.9 Å². The minimum Gasteiger partial charge on any atom is -0.504 e. The molecule has 0 saturated carbocycles. The number of aliphatic hydroxyl groups excluding tert-OH is 2. The van der Waals surface area contributed by atoms with Crippen molar-refractivity contribution in [2.75, 3.05) is 26.4 Å². The SMILES string of the molecule is CCCCOC(=O)C(CNCc1cn([C@H]2C[C@H](n3cc(C)c(=O)[nH]c3=O)O[C@@H]2CO)nn1)C(O)c1cccc(OCC)c1O. The van der Waals surface area contributed by atoms with Gasteiger partial charge in [0.15, 0.2) is 11.5 Å². The third kappa shape index (κ3) is 7.53. The first kappa shape index (κ1) is 32.9. The van der Waals surface area contributed by atoms with Crippen LogP contribution in [0.4, 0.5) is 0 Å². The van der Waals surface area contributed by atoms with Gasteiger partial charge in [-0.25, -0.2) is 9.48 Å². The molecule has 44 heavy (non-hydrogen) atoms. The van der Waals surface area contributed by atoms with Crippen molar-refractivity contribution in [2.24, 2.45) is 5.92 Å². The average Bonchev–Trinajstić information content (AvgIpc) is 3.65. The summed E-state index contributed by atoms with van der Waals surface area (Å²) in [6.45, 7) is 5.69. The van der Waals surface area contributed by atoms with Gasteiger partial charge in [0.25, 0.3) is 5.56 Å². The van der Waals surface area contributed by atoms with Crippen LogP contribution in [0.5, 0.6) is 11.5 Å². The Morgan fingerprint density at radius 2 is 2.07 bits per heavy atom. The highest BCUT2D eigenvalue weighted by atomic mass is 16.5. The number of hydrogen-bond acceptors (Lipinski definition) is 12. The minimum absolute atomic E-state index is 0.000353. The molecule has 4 rings (SSSR count). The highest BCUT2D eigenvalue weighted by Crippen LogP contribution is 2.37. The van der Waals surface area contributed by atoms with Crippen molar-refractivity contribution in [2.45, 2.75) is 71.1 Å². The lowest BCUT2D eigenvalue weighted by Gasteiger charge is -2.23. The molecule has 1 aromatic carbocycles. The molecule has 15 nitrogen and oxygen atoms in total. The number of aromatic amines is 1. The smallest absolute Gasteiger partial charge is 0.330 e. The third-order valence-electron chi connectivity index (χ3n) is 7.48. The summed E-state index contributed by atoms with van der Waals surface area (Å²) < 4.78 is 19.6. The molecule has 0 bridgehead atoms. The molecule has 0 spiro atoms. The first-order valence-corrected chi connectivity index (χ1v) is 14.7. The second kappa shape index (κ2) is 15.1. The van der Waals surface area contributed by atoms with Crippen LogP contribution in [0.25, 0.3) is 0 Å². The normalized spacial score (nSPS) is 19.5. The number of aromatic hydroxyl groups is 1. The van der Waals surface area contributed by atoms with Crippen molar-refractivity contribution in [1.29, 1.82) is 0 Å². The van der Waals surface area contributed by atoms with Crippen LogP contribution in [-0.4, -0.2) is 78.3 Å². The van der Waals surface area contributed by atoms with E-state index in [-0.39, 0.29) is 49.8 Å². The fourth-order valence-electron chi connectivity index (χ4n) is 5.06. The number of aryl methyl sites for hydroxylation is 1. The topological polar surface area (TPSA) is 203 Å². The summed E-state index contributed by atoms with van der Waals surface area (Å²) in [4.78, 5) is 39.4. The van der Waals surface area contributed by atoms with Crippen LogP contribution < -0.4 is 21.3 Å². The number of carbonyl (C=O) groups excluding carboxylic acids is 1. The Kier molecular flexibility index (Phi) is 11.3. The van der Waals surface area contributed by atoms with Gasteiger partial charge in [-0.2, -0.15) is 0 Å². The van der Waals surface area contributed by atoms with E-state index in [1.807, 2.05) is 6.92 Å². The fraction of sp³-hybridized carbons (Fsp3) is 0.552. The zero-order valence-electron chi connectivity index (χ0n) is 25.0. The molecular weight excluding hydrogens is 576 g/mol. The predicted octanol–water partition coefficient (Wildman–Crippen LogP) is 0.845. The number of carbonyl (C=O) groups is 1. The summed E-state index contributed by atoms with van der Waals surface area (Å²) in [5.74, 6) is -1.71. The second-order valence-electron chi connectivity index (χ2n) is 10.6. The molecule has 1 aliphatic heterocycles. The number of nitrogens with one attached hydrogen (secondary N) is 2. The number of H-pyrrole nitrogens is 1. The van der Waals surface area contributed by atoms with E-state index in [1.165, 1.54) is 16.8 Å². The monoisotopic (exact) mass is 616 g/mol. The molecular formula is C29H40N6O9. The van der Waals surface area contributed by atoms with E-state index in [2.05, 4.69) is 20.6 Å². The molecule has 0 amide bonds. The average molecular weight is 617 g/mol. The number of unbranched alkanes of at least 4 members (excludes halogenated alkanes) is 1. The second-order valence-corrected chi connectivity index (χ2v) is 10.6. The van der Waals surface area contributed by atoms with Gasteiger partial charge in [-0.3, -0.25) is 19.1 Å². The summed E-state index contributed by atoms with van der Waals surface area (Å²) >= 11 is 0. The van der Waals surface area contributed by atoms with Gasteiger partial charge in [0.1, 0.15) is 12.3 Å². The first-order chi connectivity index (χ1) is 21.2. The first-order valence-electron chi connectivity index (χ1n) is 14.7. The van der Waals surface area contributed by atoms with Crippen LogP contribution in [0.3, 0.4) is 0 Å². The summed E-state index contributed by atoms with van der Waals surface area (Å²) in [7, 11) is 0. The van der Waals surface area contributed by atoms with Gasteiger partial charge in [0.2, 0.25) is 0 Å². The predicted molar refractivity (Wildman–Crippen MR) is 156 cm³/mol. The number of para-hydroxylation sites is 1. The lowest BCUT2D eigenvalue weighted by Crippen LogP contribution is -2.34. The van der Waals surface area contributed by atoms with E-state index in [4.69, 9.17) is 14.2 Å². The van der Waals surface area contributed by atoms with Crippen molar-refractivity contribution in [3.8, 4) is 11.5 Å². The number of ether oxygens (including phenoxy) is 3. The number of benzene rings is 1. The highest BCUT2D eigenvalue weighted by molar-refractivity contribution is 5.74.